The van der Waals surface area contributed by atoms with E-state index in [0.717, 1.165) is 5.69 Å². The first-order chi connectivity index (χ1) is 7.22. The van der Waals surface area contributed by atoms with E-state index < -0.39 is 0 Å². The van der Waals surface area contributed by atoms with Crippen LogP contribution < -0.4 is 0 Å². The molecule has 2 aromatic heterocycles. The molecule has 0 bridgehead atoms. The van der Waals surface area contributed by atoms with Crippen molar-refractivity contribution in [1.29, 1.82) is 0 Å². The first-order valence-corrected chi connectivity index (χ1v) is 4.71. The summed E-state index contributed by atoms with van der Waals surface area (Å²) in [5.41, 5.74) is 1.83. The number of aryl methyl sites for hydroxylation is 1. The minimum Gasteiger partial charge on any atom is -0.461 e. The number of hydrogen-bond donors (Lipinski definition) is 0. The predicted octanol–water partition coefficient (Wildman–Crippen LogP) is 1.21. The fourth-order valence-corrected chi connectivity index (χ4v) is 1.39. The van der Waals surface area contributed by atoms with Crippen molar-refractivity contribution in [2.45, 2.75) is 13.8 Å². The zero-order chi connectivity index (χ0) is 10.8. The Kier molecular flexibility index (Phi) is 2.37. The van der Waals surface area contributed by atoms with Gasteiger partial charge in [0.2, 0.25) is 0 Å². The van der Waals surface area contributed by atoms with Crippen LogP contribution in [-0.2, 0) is 4.74 Å². The Morgan fingerprint density at radius 2 is 2.40 bits per heavy atom. The van der Waals surface area contributed by atoms with Crippen LogP contribution in [0.2, 0.25) is 0 Å². The van der Waals surface area contributed by atoms with Crippen LogP contribution in [0.25, 0.3) is 5.65 Å². The molecule has 5 nitrogen and oxygen atoms in total. The number of aromatic nitrogens is 3. The lowest BCUT2D eigenvalue weighted by Gasteiger charge is -2.04. The van der Waals surface area contributed by atoms with Crippen molar-refractivity contribution in [3.8, 4) is 0 Å². The topological polar surface area (TPSA) is 56.5 Å². The molecule has 0 aliphatic carbocycles. The fourth-order valence-electron chi connectivity index (χ4n) is 1.39. The largest absolute Gasteiger partial charge is 0.461 e. The molecule has 2 rings (SSSR count). The molecule has 0 amide bonds. The van der Waals surface area contributed by atoms with Crippen molar-refractivity contribution >= 4 is 11.6 Å². The van der Waals surface area contributed by atoms with Gasteiger partial charge in [-0.25, -0.2) is 14.3 Å². The minimum atomic E-state index is -0.378. The summed E-state index contributed by atoms with van der Waals surface area (Å²) in [6.07, 6.45) is 1.60. The monoisotopic (exact) mass is 205 g/mol. The highest BCUT2D eigenvalue weighted by atomic mass is 16.5. The first-order valence-electron chi connectivity index (χ1n) is 4.71. The second-order valence-corrected chi connectivity index (χ2v) is 3.10. The molecule has 0 saturated heterocycles. The maximum Gasteiger partial charge on any atom is 0.357 e. The predicted molar refractivity (Wildman–Crippen MR) is 53.7 cm³/mol. The van der Waals surface area contributed by atoms with E-state index in [0.29, 0.717) is 17.9 Å². The van der Waals surface area contributed by atoms with Gasteiger partial charge in [0, 0.05) is 11.8 Å². The van der Waals surface area contributed by atoms with Crippen LogP contribution in [0.1, 0.15) is 23.1 Å². The standard InChI is InChI=1S/C10H11N3O2/c1-3-15-10(14)8-6-7(2)12-9-4-5-11-13(8)9/h4-6H,3H2,1-2H3. The molecule has 0 aromatic carbocycles. The van der Waals surface area contributed by atoms with Crippen molar-refractivity contribution in [2.75, 3.05) is 6.61 Å². The van der Waals surface area contributed by atoms with Crippen molar-refractivity contribution in [3.63, 3.8) is 0 Å². The Hall–Kier alpha value is -1.91. The van der Waals surface area contributed by atoms with Crippen LogP contribution in [0.4, 0.5) is 0 Å². The summed E-state index contributed by atoms with van der Waals surface area (Å²) in [6, 6.07) is 3.41. The van der Waals surface area contributed by atoms with Crippen molar-refractivity contribution < 1.29 is 9.53 Å². The Bertz CT molecular complexity index is 504. The fraction of sp³-hybridized carbons (Fsp3) is 0.300. The first kappa shape index (κ1) is 9.64. The molecular weight excluding hydrogens is 194 g/mol. The molecule has 0 unspecified atom stereocenters. The van der Waals surface area contributed by atoms with Crippen LogP contribution in [-0.4, -0.2) is 27.2 Å². The van der Waals surface area contributed by atoms with Crippen molar-refractivity contribution in [1.82, 2.24) is 14.6 Å². The zero-order valence-electron chi connectivity index (χ0n) is 8.60. The van der Waals surface area contributed by atoms with Crippen LogP contribution in [0.3, 0.4) is 0 Å². The summed E-state index contributed by atoms with van der Waals surface area (Å²) in [5, 5.41) is 4.02. The van der Waals surface area contributed by atoms with Crippen LogP contribution in [0.15, 0.2) is 18.3 Å². The molecule has 78 valence electrons. The van der Waals surface area contributed by atoms with E-state index in [-0.39, 0.29) is 5.97 Å². The highest BCUT2D eigenvalue weighted by Gasteiger charge is 2.13. The summed E-state index contributed by atoms with van der Waals surface area (Å²) >= 11 is 0. The smallest absolute Gasteiger partial charge is 0.357 e. The molecule has 5 heteroatoms. The third kappa shape index (κ3) is 1.68. The molecule has 2 heterocycles. The average molecular weight is 205 g/mol. The third-order valence-electron chi connectivity index (χ3n) is 1.97. The summed E-state index contributed by atoms with van der Waals surface area (Å²) in [5.74, 6) is -0.378. The van der Waals surface area contributed by atoms with Crippen LogP contribution in [0.5, 0.6) is 0 Å². The number of rotatable bonds is 2. The van der Waals surface area contributed by atoms with E-state index >= 15 is 0 Å². The molecule has 15 heavy (non-hydrogen) atoms. The van der Waals surface area contributed by atoms with Gasteiger partial charge in [0.05, 0.1) is 12.8 Å². The lowest BCUT2D eigenvalue weighted by Crippen LogP contribution is -2.12. The molecule has 0 radical (unpaired) electrons. The summed E-state index contributed by atoms with van der Waals surface area (Å²) in [6.45, 7) is 3.95. The summed E-state index contributed by atoms with van der Waals surface area (Å²) in [7, 11) is 0. The molecule has 0 aliphatic rings. The Morgan fingerprint density at radius 1 is 1.60 bits per heavy atom. The number of carbonyl (C=O) groups is 1. The van der Waals surface area contributed by atoms with Gasteiger partial charge in [-0.2, -0.15) is 5.10 Å². The second-order valence-electron chi connectivity index (χ2n) is 3.10. The molecule has 0 atom stereocenters. The number of carbonyl (C=O) groups excluding carboxylic acids is 1. The molecular formula is C10H11N3O2. The van der Waals surface area contributed by atoms with E-state index in [1.165, 1.54) is 4.52 Å². The van der Waals surface area contributed by atoms with E-state index in [1.807, 2.05) is 6.92 Å². The second kappa shape index (κ2) is 3.68. The van der Waals surface area contributed by atoms with Gasteiger partial charge < -0.3 is 4.74 Å². The lowest BCUT2D eigenvalue weighted by atomic mass is 10.3. The molecule has 0 fully saturated rings. The van der Waals surface area contributed by atoms with Gasteiger partial charge in [-0.15, -0.1) is 0 Å². The Morgan fingerprint density at radius 3 is 3.13 bits per heavy atom. The summed E-state index contributed by atoms with van der Waals surface area (Å²) in [4.78, 5) is 15.8. The van der Waals surface area contributed by atoms with Gasteiger partial charge in [0.15, 0.2) is 11.3 Å². The number of fused-ring (bicyclic) bond motifs is 1. The van der Waals surface area contributed by atoms with Crippen molar-refractivity contribution in [3.05, 3.63) is 29.7 Å². The summed E-state index contributed by atoms with van der Waals surface area (Å²) < 4.78 is 6.41. The van der Waals surface area contributed by atoms with Gasteiger partial charge in [-0.1, -0.05) is 0 Å². The normalized spacial score (nSPS) is 10.5. The zero-order valence-corrected chi connectivity index (χ0v) is 8.60. The lowest BCUT2D eigenvalue weighted by molar-refractivity contribution is 0.0516. The van der Waals surface area contributed by atoms with E-state index in [2.05, 4.69) is 10.1 Å². The van der Waals surface area contributed by atoms with Gasteiger partial charge in [0.1, 0.15) is 0 Å². The maximum absolute atomic E-state index is 11.6. The highest BCUT2D eigenvalue weighted by molar-refractivity contribution is 5.88. The molecule has 0 saturated carbocycles. The number of hydrogen-bond acceptors (Lipinski definition) is 4. The van der Waals surface area contributed by atoms with Crippen molar-refractivity contribution in [2.24, 2.45) is 0 Å². The molecule has 0 N–H and O–H groups in total. The SMILES string of the molecule is CCOC(=O)c1cc(C)nc2ccnn12. The number of nitrogens with zero attached hydrogens (tertiary/aromatic N) is 3. The average Bonchev–Trinajstić information content (AvgIpc) is 2.64. The highest BCUT2D eigenvalue weighted by Crippen LogP contribution is 2.07. The van der Waals surface area contributed by atoms with E-state index in [1.54, 1.807) is 25.3 Å². The van der Waals surface area contributed by atoms with Gasteiger partial charge in [0.25, 0.3) is 0 Å². The van der Waals surface area contributed by atoms with Gasteiger partial charge in [-0.3, -0.25) is 0 Å². The van der Waals surface area contributed by atoms with Crippen LogP contribution >= 0.6 is 0 Å². The Balaban J connectivity index is 2.57. The molecule has 0 aliphatic heterocycles. The maximum atomic E-state index is 11.6. The van der Waals surface area contributed by atoms with E-state index in [4.69, 9.17) is 4.74 Å². The molecule has 0 spiro atoms. The quantitative estimate of drug-likeness (QED) is 0.691. The number of esters is 1. The molecule has 2 aromatic rings. The Labute approximate surface area is 86.7 Å². The van der Waals surface area contributed by atoms with Gasteiger partial charge >= 0.3 is 5.97 Å². The van der Waals surface area contributed by atoms with Gasteiger partial charge in [-0.05, 0) is 19.9 Å². The minimum absolute atomic E-state index is 0.350. The third-order valence-corrected chi connectivity index (χ3v) is 1.97. The number of ether oxygens (including phenoxy) is 1. The van der Waals surface area contributed by atoms with E-state index in [9.17, 15) is 4.79 Å². The van der Waals surface area contributed by atoms with Crippen LogP contribution in [0, 0.1) is 6.92 Å².